The van der Waals surface area contributed by atoms with E-state index in [1.165, 1.54) is 5.57 Å². The summed E-state index contributed by atoms with van der Waals surface area (Å²) in [4.78, 5) is 0. The zero-order valence-electron chi connectivity index (χ0n) is 11.0. The topological polar surface area (TPSA) is 33.0 Å². The summed E-state index contributed by atoms with van der Waals surface area (Å²) in [6.45, 7) is 8.27. The minimum absolute atomic E-state index is 0.0824. The third-order valence-corrected chi connectivity index (χ3v) is 3.63. The molecule has 0 amide bonds. The van der Waals surface area contributed by atoms with Gasteiger partial charge in [-0.25, -0.2) is 0 Å². The van der Waals surface area contributed by atoms with E-state index in [1.54, 1.807) is 0 Å². The first-order valence-electron chi connectivity index (χ1n) is 6.42. The SMILES string of the molecule is C=C(C)[C@H]1CC[C@H](C)O[C@@H]1c1ccc(C#N)cc1. The van der Waals surface area contributed by atoms with Crippen molar-refractivity contribution < 1.29 is 4.74 Å². The minimum Gasteiger partial charge on any atom is -0.370 e. The van der Waals surface area contributed by atoms with Gasteiger partial charge in [0.05, 0.1) is 23.8 Å². The zero-order valence-corrected chi connectivity index (χ0v) is 11.0. The normalized spacial score (nSPS) is 27.5. The van der Waals surface area contributed by atoms with Gasteiger partial charge >= 0.3 is 0 Å². The number of rotatable bonds is 2. The van der Waals surface area contributed by atoms with Gasteiger partial charge in [0.2, 0.25) is 0 Å². The van der Waals surface area contributed by atoms with Crippen LogP contribution in [0.25, 0.3) is 0 Å². The fourth-order valence-corrected chi connectivity index (χ4v) is 2.54. The van der Waals surface area contributed by atoms with Crippen LogP contribution in [-0.4, -0.2) is 6.10 Å². The van der Waals surface area contributed by atoms with Gasteiger partial charge in [0, 0.05) is 5.92 Å². The van der Waals surface area contributed by atoms with Crippen molar-refractivity contribution in [3.05, 3.63) is 47.5 Å². The van der Waals surface area contributed by atoms with E-state index in [2.05, 4.69) is 26.5 Å². The first-order valence-corrected chi connectivity index (χ1v) is 6.42. The largest absolute Gasteiger partial charge is 0.370 e. The van der Waals surface area contributed by atoms with Crippen LogP contribution in [-0.2, 0) is 4.74 Å². The summed E-state index contributed by atoms with van der Waals surface area (Å²) >= 11 is 0. The molecule has 18 heavy (non-hydrogen) atoms. The molecule has 1 aromatic rings. The first-order chi connectivity index (χ1) is 8.61. The minimum atomic E-state index is 0.0824. The van der Waals surface area contributed by atoms with Crippen molar-refractivity contribution in [2.75, 3.05) is 0 Å². The Morgan fingerprint density at radius 3 is 2.56 bits per heavy atom. The highest BCUT2D eigenvalue weighted by molar-refractivity contribution is 5.33. The highest BCUT2D eigenvalue weighted by Gasteiger charge is 2.30. The molecule has 1 fully saturated rings. The van der Waals surface area contributed by atoms with Crippen LogP contribution in [0.5, 0.6) is 0 Å². The fourth-order valence-electron chi connectivity index (χ4n) is 2.54. The molecule has 2 heteroatoms. The maximum Gasteiger partial charge on any atom is 0.0991 e. The maximum atomic E-state index is 8.83. The van der Waals surface area contributed by atoms with E-state index in [0.717, 1.165) is 18.4 Å². The smallest absolute Gasteiger partial charge is 0.0991 e. The third-order valence-electron chi connectivity index (χ3n) is 3.63. The average Bonchev–Trinajstić information content (AvgIpc) is 2.38. The van der Waals surface area contributed by atoms with E-state index in [1.807, 2.05) is 24.3 Å². The van der Waals surface area contributed by atoms with E-state index in [-0.39, 0.29) is 6.10 Å². The van der Waals surface area contributed by atoms with Gasteiger partial charge in [-0.15, -0.1) is 0 Å². The maximum absolute atomic E-state index is 8.83. The van der Waals surface area contributed by atoms with E-state index in [9.17, 15) is 0 Å². The second-order valence-electron chi connectivity index (χ2n) is 5.13. The van der Waals surface area contributed by atoms with Crippen LogP contribution in [0.4, 0.5) is 0 Å². The molecule has 0 bridgehead atoms. The number of hydrogen-bond acceptors (Lipinski definition) is 2. The van der Waals surface area contributed by atoms with E-state index in [4.69, 9.17) is 10.00 Å². The Morgan fingerprint density at radius 1 is 1.33 bits per heavy atom. The molecule has 1 aliphatic heterocycles. The van der Waals surface area contributed by atoms with Gasteiger partial charge in [-0.05, 0) is 44.4 Å². The second-order valence-corrected chi connectivity index (χ2v) is 5.13. The summed E-state index contributed by atoms with van der Waals surface area (Å²) in [5.74, 6) is 0.383. The second kappa shape index (κ2) is 5.37. The van der Waals surface area contributed by atoms with Crippen molar-refractivity contribution >= 4 is 0 Å². The highest BCUT2D eigenvalue weighted by atomic mass is 16.5. The van der Waals surface area contributed by atoms with Gasteiger partial charge in [-0.3, -0.25) is 0 Å². The van der Waals surface area contributed by atoms with E-state index < -0.39 is 0 Å². The van der Waals surface area contributed by atoms with Crippen molar-refractivity contribution in [3.8, 4) is 6.07 Å². The Kier molecular flexibility index (Phi) is 3.84. The summed E-state index contributed by atoms with van der Waals surface area (Å²) in [5, 5.41) is 8.83. The summed E-state index contributed by atoms with van der Waals surface area (Å²) < 4.78 is 6.08. The summed E-state index contributed by atoms with van der Waals surface area (Å²) in [7, 11) is 0. The van der Waals surface area contributed by atoms with Crippen molar-refractivity contribution in [3.63, 3.8) is 0 Å². The zero-order chi connectivity index (χ0) is 13.1. The molecule has 0 N–H and O–H groups in total. The molecule has 0 saturated carbocycles. The Balaban J connectivity index is 2.26. The van der Waals surface area contributed by atoms with Gasteiger partial charge < -0.3 is 4.74 Å². The lowest BCUT2D eigenvalue weighted by Crippen LogP contribution is -2.28. The monoisotopic (exact) mass is 241 g/mol. The summed E-state index contributed by atoms with van der Waals surface area (Å²) in [6.07, 6.45) is 2.59. The Hall–Kier alpha value is -1.59. The number of nitrogens with zero attached hydrogens (tertiary/aromatic N) is 1. The highest BCUT2D eigenvalue weighted by Crippen LogP contribution is 2.39. The quantitative estimate of drug-likeness (QED) is 0.733. The van der Waals surface area contributed by atoms with Crippen LogP contribution in [0.3, 0.4) is 0 Å². The van der Waals surface area contributed by atoms with Crippen LogP contribution in [0, 0.1) is 17.2 Å². The molecular weight excluding hydrogens is 222 g/mol. The van der Waals surface area contributed by atoms with Crippen molar-refractivity contribution in [1.82, 2.24) is 0 Å². The Labute approximate surface area is 109 Å². The van der Waals surface area contributed by atoms with Gasteiger partial charge in [-0.2, -0.15) is 5.26 Å². The lowest BCUT2D eigenvalue weighted by atomic mass is 9.83. The van der Waals surface area contributed by atoms with Gasteiger partial charge in [-0.1, -0.05) is 24.3 Å². The molecule has 1 saturated heterocycles. The molecule has 1 aliphatic rings. The van der Waals surface area contributed by atoms with E-state index in [0.29, 0.717) is 17.6 Å². The number of ether oxygens (including phenoxy) is 1. The van der Waals surface area contributed by atoms with Crippen LogP contribution in [0.15, 0.2) is 36.4 Å². The first kappa shape index (κ1) is 12.9. The van der Waals surface area contributed by atoms with Crippen LogP contribution < -0.4 is 0 Å². The molecule has 1 heterocycles. The molecular formula is C16H19NO. The molecule has 1 aromatic carbocycles. The average molecular weight is 241 g/mol. The number of nitriles is 1. The molecule has 0 aliphatic carbocycles. The van der Waals surface area contributed by atoms with Crippen molar-refractivity contribution in [2.45, 2.75) is 38.9 Å². The number of hydrogen-bond donors (Lipinski definition) is 0. The molecule has 0 spiro atoms. The molecule has 0 radical (unpaired) electrons. The van der Waals surface area contributed by atoms with Crippen molar-refractivity contribution in [1.29, 1.82) is 5.26 Å². The summed E-state index contributed by atoms with van der Waals surface area (Å²) in [6, 6.07) is 9.85. The molecule has 3 atom stereocenters. The van der Waals surface area contributed by atoms with Crippen LogP contribution in [0.1, 0.15) is 43.9 Å². The molecule has 2 rings (SSSR count). The Bertz CT molecular complexity index is 469. The molecule has 94 valence electrons. The lowest BCUT2D eigenvalue weighted by molar-refractivity contribution is -0.0672. The standard InChI is InChI=1S/C16H19NO/c1-11(2)15-9-4-12(3)18-16(15)14-7-5-13(10-17)6-8-14/h5-8,12,15-16H,1,4,9H2,2-3H3/t12-,15+,16+/m0/s1. The predicted octanol–water partition coefficient (Wildman–Crippen LogP) is 3.99. The molecule has 0 unspecified atom stereocenters. The predicted molar refractivity (Wildman–Crippen MR) is 72.0 cm³/mol. The Morgan fingerprint density at radius 2 is 2.00 bits per heavy atom. The summed E-state index contributed by atoms with van der Waals surface area (Å²) in [5.41, 5.74) is 3.01. The third kappa shape index (κ3) is 2.63. The van der Waals surface area contributed by atoms with Crippen molar-refractivity contribution in [2.24, 2.45) is 5.92 Å². The van der Waals surface area contributed by atoms with Gasteiger partial charge in [0.15, 0.2) is 0 Å². The van der Waals surface area contributed by atoms with Gasteiger partial charge in [0.25, 0.3) is 0 Å². The molecule has 0 aromatic heterocycles. The van der Waals surface area contributed by atoms with Crippen LogP contribution >= 0.6 is 0 Å². The molecule has 2 nitrogen and oxygen atoms in total. The van der Waals surface area contributed by atoms with E-state index >= 15 is 0 Å². The van der Waals surface area contributed by atoms with Gasteiger partial charge in [0.1, 0.15) is 0 Å². The lowest BCUT2D eigenvalue weighted by Gasteiger charge is -2.36. The fraction of sp³-hybridized carbons (Fsp3) is 0.438. The number of benzene rings is 1. The van der Waals surface area contributed by atoms with Crippen LogP contribution in [0.2, 0.25) is 0 Å².